The van der Waals surface area contributed by atoms with E-state index in [-0.39, 0.29) is 12.1 Å². The van der Waals surface area contributed by atoms with Crippen LogP contribution in [-0.2, 0) is 12.8 Å². The Kier molecular flexibility index (Phi) is 7.18. The number of anilines is 3. The van der Waals surface area contributed by atoms with Gasteiger partial charge in [-0.3, -0.25) is 5.32 Å². The van der Waals surface area contributed by atoms with Crippen LogP contribution in [0.15, 0.2) is 42.5 Å². The summed E-state index contributed by atoms with van der Waals surface area (Å²) in [7, 11) is 4.11. The number of fused-ring (bicyclic) bond motifs is 1. The summed E-state index contributed by atoms with van der Waals surface area (Å²) in [6, 6.07) is 14.6. The van der Waals surface area contributed by atoms with Crippen molar-refractivity contribution in [2.24, 2.45) is 0 Å². The molecule has 0 bridgehead atoms. The van der Waals surface area contributed by atoms with Gasteiger partial charge in [-0.1, -0.05) is 30.3 Å². The number of hydrogen-bond donors (Lipinski definition) is 3. The maximum absolute atomic E-state index is 12.6. The zero-order valence-electron chi connectivity index (χ0n) is 20.5. The highest BCUT2D eigenvalue weighted by Gasteiger charge is 2.25. The number of aryl methyl sites for hydroxylation is 1. The van der Waals surface area contributed by atoms with E-state index in [1.165, 1.54) is 24.1 Å². The highest BCUT2D eigenvalue weighted by molar-refractivity contribution is 7.19. The van der Waals surface area contributed by atoms with Crippen molar-refractivity contribution in [1.29, 1.82) is 0 Å². The third-order valence-corrected chi connectivity index (χ3v) is 7.93. The summed E-state index contributed by atoms with van der Waals surface area (Å²) in [5.74, 6) is 1.80. The molecule has 0 atom stereocenters. The van der Waals surface area contributed by atoms with Crippen LogP contribution in [0.3, 0.4) is 0 Å². The van der Waals surface area contributed by atoms with Crippen LogP contribution in [0.25, 0.3) is 10.4 Å². The summed E-state index contributed by atoms with van der Waals surface area (Å²) in [5.41, 5.74) is 3.68. The van der Waals surface area contributed by atoms with Crippen molar-refractivity contribution in [3.05, 3.63) is 53.7 Å². The van der Waals surface area contributed by atoms with E-state index >= 15 is 0 Å². The van der Waals surface area contributed by atoms with E-state index in [9.17, 15) is 4.79 Å². The third kappa shape index (κ3) is 5.75. The number of aromatic nitrogens is 2. The van der Waals surface area contributed by atoms with Gasteiger partial charge in [0.05, 0.1) is 10.7 Å². The molecule has 2 heterocycles. The number of amides is 2. The second-order valence-electron chi connectivity index (χ2n) is 9.72. The first-order chi connectivity index (χ1) is 17.0. The van der Waals surface area contributed by atoms with Crippen molar-refractivity contribution in [1.82, 2.24) is 15.3 Å². The van der Waals surface area contributed by atoms with Crippen LogP contribution in [0.1, 0.15) is 49.8 Å². The van der Waals surface area contributed by atoms with Crippen molar-refractivity contribution in [3.8, 4) is 10.4 Å². The van der Waals surface area contributed by atoms with E-state index in [0.717, 1.165) is 65.7 Å². The van der Waals surface area contributed by atoms with Gasteiger partial charge in [-0.25, -0.2) is 9.78 Å². The largest absolute Gasteiger partial charge is 0.362 e. The number of hydrogen-bond acceptors (Lipinski definition) is 6. The molecule has 2 aliphatic rings. The zero-order valence-corrected chi connectivity index (χ0v) is 21.3. The Bertz CT molecular complexity index is 1150. The molecule has 5 rings (SSSR count). The fourth-order valence-electron chi connectivity index (χ4n) is 5.07. The number of rotatable bonds is 6. The number of nitrogens with zero attached hydrogens (tertiary/aromatic N) is 3. The summed E-state index contributed by atoms with van der Waals surface area (Å²) >= 11 is 1.59. The summed E-state index contributed by atoms with van der Waals surface area (Å²) < 4.78 is 0. The van der Waals surface area contributed by atoms with E-state index in [0.29, 0.717) is 6.04 Å². The molecular formula is C27H34N6OS. The van der Waals surface area contributed by atoms with Gasteiger partial charge in [0.15, 0.2) is 0 Å². The van der Waals surface area contributed by atoms with E-state index in [2.05, 4.69) is 53.1 Å². The average molecular weight is 491 g/mol. The minimum Gasteiger partial charge on any atom is -0.362 e. The van der Waals surface area contributed by atoms with Crippen molar-refractivity contribution in [2.45, 2.75) is 63.5 Å². The van der Waals surface area contributed by atoms with Crippen LogP contribution in [0.4, 0.5) is 21.6 Å². The Morgan fingerprint density at radius 1 is 0.943 bits per heavy atom. The Morgan fingerprint density at radius 3 is 2.46 bits per heavy atom. The highest BCUT2D eigenvalue weighted by atomic mass is 32.1. The first kappa shape index (κ1) is 23.6. The minimum absolute atomic E-state index is 0.128. The average Bonchev–Trinajstić information content (AvgIpc) is 3.33. The van der Waals surface area contributed by atoms with Crippen molar-refractivity contribution < 1.29 is 4.79 Å². The van der Waals surface area contributed by atoms with Gasteiger partial charge >= 0.3 is 6.03 Å². The molecule has 0 aliphatic heterocycles. The molecule has 2 aliphatic carbocycles. The lowest BCUT2D eigenvalue weighted by Gasteiger charge is -2.30. The van der Waals surface area contributed by atoms with Gasteiger partial charge in [-0.2, -0.15) is 4.98 Å². The standard InChI is InChI=1S/C27H34N6OS/c1-33(2)25-21-10-6-7-11-22(21)30-26(32-25)28-19-12-14-20(15-13-19)29-27(34)31-24-17-16-23(35-24)18-8-4-3-5-9-18/h3-5,8-9,16-17,19-20H,6-7,10-15H2,1-2H3,(H,28,30,32)(H2,29,31,34)/t19-,20+. The second-order valence-corrected chi connectivity index (χ2v) is 10.8. The predicted octanol–water partition coefficient (Wildman–Crippen LogP) is 5.69. The Hall–Kier alpha value is -3.13. The SMILES string of the molecule is CN(C)c1nc(N[C@H]2CC[C@@H](NC(=O)Nc3ccc(-c4ccccc4)s3)CC2)nc2c1CCCC2. The van der Waals surface area contributed by atoms with Gasteiger partial charge in [0.1, 0.15) is 5.82 Å². The maximum atomic E-state index is 12.6. The van der Waals surface area contributed by atoms with Crippen molar-refractivity contribution in [3.63, 3.8) is 0 Å². The van der Waals surface area contributed by atoms with Gasteiger partial charge in [0, 0.05) is 36.6 Å². The van der Waals surface area contributed by atoms with Gasteiger partial charge in [-0.15, -0.1) is 11.3 Å². The smallest absolute Gasteiger partial charge is 0.320 e. The quantitative estimate of drug-likeness (QED) is 0.413. The Labute approximate surface area is 211 Å². The molecule has 3 aromatic rings. The molecule has 0 radical (unpaired) electrons. The van der Waals surface area contributed by atoms with E-state index in [1.807, 2.05) is 24.3 Å². The molecule has 1 fully saturated rings. The van der Waals surface area contributed by atoms with Gasteiger partial charge in [0.2, 0.25) is 5.95 Å². The van der Waals surface area contributed by atoms with Gasteiger partial charge in [-0.05, 0) is 69.1 Å². The number of benzene rings is 1. The number of carbonyl (C=O) groups excluding carboxylic acids is 1. The van der Waals surface area contributed by atoms with Crippen LogP contribution in [0, 0.1) is 0 Å². The Balaban J connectivity index is 1.12. The van der Waals surface area contributed by atoms with Crippen LogP contribution < -0.4 is 20.9 Å². The number of nitrogens with one attached hydrogen (secondary N) is 3. The number of carbonyl (C=O) groups is 1. The zero-order chi connectivity index (χ0) is 24.2. The normalized spacial score (nSPS) is 19.5. The van der Waals surface area contributed by atoms with E-state index < -0.39 is 0 Å². The molecule has 8 heteroatoms. The lowest BCUT2D eigenvalue weighted by Crippen LogP contribution is -2.42. The third-order valence-electron chi connectivity index (χ3n) is 6.88. The molecule has 1 saturated carbocycles. The summed E-state index contributed by atoms with van der Waals surface area (Å²) in [5, 5.41) is 10.6. The van der Waals surface area contributed by atoms with Crippen molar-refractivity contribution >= 4 is 34.1 Å². The van der Waals surface area contributed by atoms with Crippen molar-refractivity contribution in [2.75, 3.05) is 29.6 Å². The van der Waals surface area contributed by atoms with Crippen LogP contribution in [0.5, 0.6) is 0 Å². The van der Waals surface area contributed by atoms with Crippen LogP contribution in [0.2, 0.25) is 0 Å². The molecule has 35 heavy (non-hydrogen) atoms. The monoisotopic (exact) mass is 490 g/mol. The van der Waals surface area contributed by atoms with Crippen LogP contribution >= 0.6 is 11.3 Å². The molecule has 0 spiro atoms. The second kappa shape index (κ2) is 10.6. The molecule has 7 nitrogen and oxygen atoms in total. The molecule has 3 N–H and O–H groups in total. The first-order valence-electron chi connectivity index (χ1n) is 12.6. The molecule has 2 amide bonds. The summed E-state index contributed by atoms with van der Waals surface area (Å²) in [6.07, 6.45) is 8.38. The van der Waals surface area contributed by atoms with Crippen LogP contribution in [-0.4, -0.2) is 42.2 Å². The Morgan fingerprint density at radius 2 is 1.69 bits per heavy atom. The molecule has 0 saturated heterocycles. The predicted molar refractivity (Wildman–Crippen MR) is 145 cm³/mol. The fourth-order valence-corrected chi connectivity index (χ4v) is 5.98. The lowest BCUT2D eigenvalue weighted by molar-refractivity contribution is 0.243. The molecule has 0 unspecified atom stereocenters. The highest BCUT2D eigenvalue weighted by Crippen LogP contribution is 2.32. The topological polar surface area (TPSA) is 82.2 Å². The molecule has 184 valence electrons. The molecule has 2 aromatic heterocycles. The summed E-state index contributed by atoms with van der Waals surface area (Å²) in [6.45, 7) is 0. The minimum atomic E-state index is -0.128. The number of thiophene rings is 1. The summed E-state index contributed by atoms with van der Waals surface area (Å²) in [4.78, 5) is 25.5. The first-order valence-corrected chi connectivity index (χ1v) is 13.4. The maximum Gasteiger partial charge on any atom is 0.320 e. The lowest BCUT2D eigenvalue weighted by atomic mass is 9.91. The van der Waals surface area contributed by atoms with E-state index in [4.69, 9.17) is 9.97 Å². The van der Waals surface area contributed by atoms with Gasteiger partial charge in [0.25, 0.3) is 0 Å². The van der Waals surface area contributed by atoms with Gasteiger partial charge < -0.3 is 15.5 Å². The van der Waals surface area contributed by atoms with E-state index in [1.54, 1.807) is 11.3 Å². The molecule has 1 aromatic carbocycles. The fraction of sp³-hybridized carbons (Fsp3) is 0.444. The number of urea groups is 1. The molecular weight excluding hydrogens is 456 g/mol.